The number of methoxy groups -OCH3 is 2. The van der Waals surface area contributed by atoms with Gasteiger partial charge in [0.25, 0.3) is 0 Å². The normalized spacial score (nSPS) is 13.1. The minimum atomic E-state index is -3.41. The van der Waals surface area contributed by atoms with Gasteiger partial charge < -0.3 is 24.6 Å². The third-order valence-electron chi connectivity index (χ3n) is 5.51. The Balaban J connectivity index is 1.98. The zero-order valence-corrected chi connectivity index (χ0v) is 20.3. The standard InChI is InChI=1S/C25H31F2N3O4/c1-15(17-8-7-9-18(12-17)25(26,27)24(3,4)31)28-23-19-13-22(34-11-10-32-5)21(33-6)14-20(19)29-16(2)30-23/h7-9,12-15,31H,10-11H2,1-6H3,(H,28,29,30)/t15-/m1/s1. The molecular weight excluding hydrogens is 444 g/mol. The van der Waals surface area contributed by atoms with Crippen molar-refractivity contribution in [2.75, 3.05) is 32.8 Å². The van der Waals surface area contributed by atoms with Crippen molar-refractivity contribution in [1.29, 1.82) is 0 Å². The Hall–Kier alpha value is -3.04. The molecule has 1 atom stereocenters. The molecule has 2 N–H and O–H groups in total. The fourth-order valence-corrected chi connectivity index (χ4v) is 3.51. The number of aryl methyl sites for hydroxylation is 1. The Morgan fingerprint density at radius 1 is 1.06 bits per heavy atom. The molecule has 7 nitrogen and oxygen atoms in total. The molecule has 1 aromatic heterocycles. The molecule has 3 rings (SSSR count). The topological polar surface area (TPSA) is 85.7 Å². The van der Waals surface area contributed by atoms with E-state index in [0.29, 0.717) is 52.8 Å². The molecule has 0 radical (unpaired) electrons. The van der Waals surface area contributed by atoms with Crippen LogP contribution in [-0.2, 0) is 10.7 Å². The maximum atomic E-state index is 14.7. The fourth-order valence-electron chi connectivity index (χ4n) is 3.51. The molecule has 0 saturated carbocycles. The van der Waals surface area contributed by atoms with E-state index < -0.39 is 11.5 Å². The van der Waals surface area contributed by atoms with Crippen LogP contribution in [0.4, 0.5) is 14.6 Å². The number of nitrogens with zero attached hydrogens (tertiary/aromatic N) is 2. The minimum Gasteiger partial charge on any atom is -0.493 e. The molecule has 184 valence electrons. The largest absolute Gasteiger partial charge is 0.493 e. The number of fused-ring (bicyclic) bond motifs is 1. The predicted octanol–water partition coefficient (Wildman–Crippen LogP) is 5.01. The number of halogens is 2. The van der Waals surface area contributed by atoms with E-state index in [1.165, 1.54) is 12.1 Å². The summed E-state index contributed by atoms with van der Waals surface area (Å²) >= 11 is 0. The van der Waals surface area contributed by atoms with Crippen LogP contribution in [0.5, 0.6) is 11.5 Å². The van der Waals surface area contributed by atoms with E-state index in [-0.39, 0.29) is 11.6 Å². The number of anilines is 1. The summed E-state index contributed by atoms with van der Waals surface area (Å²) in [6.07, 6.45) is 0. The molecule has 9 heteroatoms. The Morgan fingerprint density at radius 2 is 1.79 bits per heavy atom. The second kappa shape index (κ2) is 10.1. The highest BCUT2D eigenvalue weighted by molar-refractivity contribution is 5.92. The van der Waals surface area contributed by atoms with Gasteiger partial charge in [-0.15, -0.1) is 0 Å². The molecular formula is C25H31F2N3O4. The monoisotopic (exact) mass is 475 g/mol. The molecule has 0 bridgehead atoms. The van der Waals surface area contributed by atoms with Crippen molar-refractivity contribution in [3.63, 3.8) is 0 Å². The molecule has 2 aromatic carbocycles. The smallest absolute Gasteiger partial charge is 0.300 e. The van der Waals surface area contributed by atoms with Gasteiger partial charge in [0.2, 0.25) is 0 Å². The summed E-state index contributed by atoms with van der Waals surface area (Å²) in [7, 11) is 3.14. The number of benzene rings is 2. The highest BCUT2D eigenvalue weighted by Gasteiger charge is 2.47. The number of alkyl halides is 2. The summed E-state index contributed by atoms with van der Waals surface area (Å²) in [6, 6.07) is 9.21. The zero-order valence-electron chi connectivity index (χ0n) is 20.3. The molecule has 0 saturated heterocycles. The van der Waals surface area contributed by atoms with Crippen molar-refractivity contribution in [3.05, 3.63) is 53.3 Å². The van der Waals surface area contributed by atoms with Crippen LogP contribution in [0.3, 0.4) is 0 Å². The molecule has 34 heavy (non-hydrogen) atoms. The van der Waals surface area contributed by atoms with Gasteiger partial charge in [-0.05, 0) is 45.4 Å². The van der Waals surface area contributed by atoms with Crippen molar-refractivity contribution < 1.29 is 28.1 Å². The number of nitrogens with one attached hydrogen (secondary N) is 1. The van der Waals surface area contributed by atoms with Crippen molar-refractivity contribution in [2.24, 2.45) is 0 Å². The Morgan fingerprint density at radius 3 is 2.44 bits per heavy atom. The van der Waals surface area contributed by atoms with Crippen molar-refractivity contribution >= 4 is 16.7 Å². The highest BCUT2D eigenvalue weighted by atomic mass is 19.3. The van der Waals surface area contributed by atoms with Crippen molar-refractivity contribution in [3.8, 4) is 11.5 Å². The van der Waals surface area contributed by atoms with Crippen LogP contribution in [0.15, 0.2) is 36.4 Å². The lowest BCUT2D eigenvalue weighted by Crippen LogP contribution is -2.40. The number of rotatable bonds is 10. The van der Waals surface area contributed by atoms with Crippen LogP contribution in [0.2, 0.25) is 0 Å². The van der Waals surface area contributed by atoms with E-state index in [9.17, 15) is 13.9 Å². The lowest BCUT2D eigenvalue weighted by atomic mass is 9.91. The summed E-state index contributed by atoms with van der Waals surface area (Å²) < 4.78 is 45.7. The molecule has 0 aliphatic carbocycles. The molecule has 0 unspecified atom stereocenters. The fraction of sp³-hybridized carbons (Fsp3) is 0.440. The van der Waals surface area contributed by atoms with Gasteiger partial charge in [-0.2, -0.15) is 8.78 Å². The average Bonchev–Trinajstić information content (AvgIpc) is 2.78. The average molecular weight is 476 g/mol. The Labute approximate surface area is 198 Å². The third-order valence-corrected chi connectivity index (χ3v) is 5.51. The number of aliphatic hydroxyl groups is 1. The molecule has 3 aromatic rings. The first-order chi connectivity index (χ1) is 16.0. The summed E-state index contributed by atoms with van der Waals surface area (Å²) in [5, 5.41) is 14.0. The lowest BCUT2D eigenvalue weighted by molar-refractivity contribution is -0.168. The molecule has 1 heterocycles. The molecule has 0 spiro atoms. The summed E-state index contributed by atoms with van der Waals surface area (Å²) in [5.74, 6) is -1.29. The highest BCUT2D eigenvalue weighted by Crippen LogP contribution is 2.40. The van der Waals surface area contributed by atoms with Gasteiger partial charge in [-0.25, -0.2) is 9.97 Å². The zero-order chi connectivity index (χ0) is 25.1. The van der Waals surface area contributed by atoms with Gasteiger partial charge in [0.05, 0.1) is 19.2 Å². The van der Waals surface area contributed by atoms with E-state index in [1.807, 2.05) is 6.92 Å². The summed E-state index contributed by atoms with van der Waals surface area (Å²) in [5.41, 5.74) is -1.18. The number of ether oxygens (including phenoxy) is 3. The molecule has 0 amide bonds. The van der Waals surface area contributed by atoms with Gasteiger partial charge >= 0.3 is 5.92 Å². The second-order valence-corrected chi connectivity index (χ2v) is 8.61. The maximum absolute atomic E-state index is 14.7. The first-order valence-corrected chi connectivity index (χ1v) is 10.9. The van der Waals surface area contributed by atoms with E-state index in [4.69, 9.17) is 14.2 Å². The van der Waals surface area contributed by atoms with Gasteiger partial charge in [0.15, 0.2) is 11.5 Å². The van der Waals surface area contributed by atoms with Crippen LogP contribution in [0.25, 0.3) is 10.9 Å². The van der Waals surface area contributed by atoms with Crippen molar-refractivity contribution in [2.45, 2.75) is 45.3 Å². The third kappa shape index (κ3) is 5.37. The van der Waals surface area contributed by atoms with Gasteiger partial charge in [-0.1, -0.05) is 18.2 Å². The molecule has 0 aliphatic rings. The predicted molar refractivity (Wildman–Crippen MR) is 127 cm³/mol. The minimum absolute atomic E-state index is 0.256. The number of aromatic nitrogens is 2. The van der Waals surface area contributed by atoms with Gasteiger partial charge in [0.1, 0.15) is 23.9 Å². The summed E-state index contributed by atoms with van der Waals surface area (Å²) in [6.45, 7) is 6.57. The quantitative estimate of drug-likeness (QED) is 0.399. The Kier molecular flexibility index (Phi) is 7.57. The van der Waals surface area contributed by atoms with Crippen LogP contribution in [0, 0.1) is 6.92 Å². The van der Waals surface area contributed by atoms with E-state index >= 15 is 0 Å². The first-order valence-electron chi connectivity index (χ1n) is 10.9. The van der Waals surface area contributed by atoms with E-state index in [0.717, 1.165) is 13.8 Å². The second-order valence-electron chi connectivity index (χ2n) is 8.61. The van der Waals surface area contributed by atoms with Gasteiger partial charge in [0, 0.05) is 30.2 Å². The van der Waals surface area contributed by atoms with Crippen LogP contribution in [0.1, 0.15) is 43.8 Å². The maximum Gasteiger partial charge on any atom is 0.300 e. The molecule has 0 aliphatic heterocycles. The van der Waals surface area contributed by atoms with E-state index in [2.05, 4.69) is 15.3 Å². The van der Waals surface area contributed by atoms with Crippen molar-refractivity contribution in [1.82, 2.24) is 9.97 Å². The SMILES string of the molecule is COCCOc1cc2c(N[C@H](C)c3cccc(C(F)(F)C(C)(C)O)c3)nc(C)nc2cc1OC. The molecule has 0 fully saturated rings. The van der Waals surface area contributed by atoms with E-state index in [1.54, 1.807) is 45.4 Å². The number of hydrogen-bond donors (Lipinski definition) is 2. The van der Waals surface area contributed by atoms with Crippen LogP contribution >= 0.6 is 0 Å². The lowest BCUT2D eigenvalue weighted by Gasteiger charge is -2.30. The van der Waals surface area contributed by atoms with Crippen LogP contribution < -0.4 is 14.8 Å². The van der Waals surface area contributed by atoms with Gasteiger partial charge in [-0.3, -0.25) is 0 Å². The summed E-state index contributed by atoms with van der Waals surface area (Å²) in [4.78, 5) is 9.04. The first kappa shape index (κ1) is 25.6. The number of hydrogen-bond acceptors (Lipinski definition) is 7. The van der Waals surface area contributed by atoms with Crippen LogP contribution in [-0.4, -0.2) is 48.1 Å². The Bertz CT molecular complexity index is 1150.